The molecule has 3 aromatic carbocycles. The molecule has 0 radical (unpaired) electrons. The van der Waals surface area contributed by atoms with Crippen molar-refractivity contribution >= 4 is 112 Å². The SMILES string of the molecule is CC(C)(C)C1=CC(=C(c2cccc(C(=C3C=C(C(C)(C)C)C(=O)C(C(C)(C)C)=C3)c3sc4cc(Cl)ccc4c3Cl)c2)c2sc3cc(Cl)ccc3c2Cl)C=C(C(C)(C)C)C1=O. The quantitative estimate of drug-likeness (QED) is 0.180. The van der Waals surface area contributed by atoms with Gasteiger partial charge >= 0.3 is 0 Å². The molecule has 0 spiro atoms. The second-order valence-electron chi connectivity index (χ2n) is 19.9. The van der Waals surface area contributed by atoms with E-state index in [2.05, 4.69) is 132 Å². The molecule has 0 saturated heterocycles. The first-order valence-corrected chi connectivity index (χ1v) is 23.2. The predicted molar refractivity (Wildman–Crippen MR) is 262 cm³/mol. The number of benzene rings is 3. The summed E-state index contributed by atoms with van der Waals surface area (Å²) >= 11 is 31.1. The van der Waals surface area contributed by atoms with Gasteiger partial charge in [-0.1, -0.05) is 160 Å². The van der Waals surface area contributed by atoms with Crippen LogP contribution in [0.1, 0.15) is 104 Å². The van der Waals surface area contributed by atoms with Crippen LogP contribution in [0.15, 0.2) is 118 Å². The Hall–Kier alpha value is -3.48. The minimum atomic E-state index is -0.428. The van der Waals surface area contributed by atoms with Crippen molar-refractivity contribution in [3.8, 4) is 0 Å². The molecule has 8 heteroatoms. The minimum Gasteiger partial charge on any atom is -0.289 e. The molecule has 0 bridgehead atoms. The molecule has 7 rings (SSSR count). The zero-order valence-corrected chi connectivity index (χ0v) is 40.9. The highest BCUT2D eigenvalue weighted by Crippen LogP contribution is 2.50. The van der Waals surface area contributed by atoms with Crippen LogP contribution < -0.4 is 0 Å². The van der Waals surface area contributed by atoms with Crippen molar-refractivity contribution in [1.29, 1.82) is 0 Å². The van der Waals surface area contributed by atoms with Gasteiger partial charge < -0.3 is 0 Å². The third-order valence-corrected chi connectivity index (χ3v) is 14.9. The van der Waals surface area contributed by atoms with E-state index in [9.17, 15) is 9.59 Å². The number of allylic oxidation sites excluding steroid dienone is 10. The Morgan fingerprint density at radius 2 is 0.767 bits per heavy atom. The van der Waals surface area contributed by atoms with E-state index in [0.717, 1.165) is 85.6 Å². The highest BCUT2D eigenvalue weighted by molar-refractivity contribution is 7.21. The van der Waals surface area contributed by atoms with Gasteiger partial charge in [0.05, 0.1) is 19.8 Å². The number of ketones is 2. The van der Waals surface area contributed by atoms with Crippen molar-refractivity contribution < 1.29 is 9.59 Å². The summed E-state index contributed by atoms with van der Waals surface area (Å²) < 4.78 is 1.93. The molecule has 2 heterocycles. The van der Waals surface area contributed by atoms with Crippen molar-refractivity contribution in [1.82, 2.24) is 0 Å². The number of hydrogen-bond donors (Lipinski definition) is 0. The summed E-state index contributed by atoms with van der Waals surface area (Å²) in [5, 5.41) is 4.32. The molecular weight excluding hydrogens is 863 g/mol. The van der Waals surface area contributed by atoms with E-state index < -0.39 is 21.7 Å². The molecule has 0 amide bonds. The van der Waals surface area contributed by atoms with Crippen LogP contribution in [0, 0.1) is 21.7 Å². The van der Waals surface area contributed by atoms with E-state index in [4.69, 9.17) is 46.4 Å². The van der Waals surface area contributed by atoms with Crippen LogP contribution in [-0.4, -0.2) is 11.6 Å². The molecule has 2 nitrogen and oxygen atoms in total. The van der Waals surface area contributed by atoms with Crippen LogP contribution in [0.2, 0.25) is 20.1 Å². The van der Waals surface area contributed by atoms with Crippen molar-refractivity contribution in [2.75, 3.05) is 0 Å². The maximum atomic E-state index is 14.3. The van der Waals surface area contributed by atoms with Gasteiger partial charge in [0, 0.05) is 63.7 Å². The average Bonchev–Trinajstić information content (AvgIpc) is 3.61. The van der Waals surface area contributed by atoms with Gasteiger partial charge in [-0.05, 0) is 98.6 Å². The first-order valence-electron chi connectivity index (χ1n) is 20.1. The van der Waals surface area contributed by atoms with Gasteiger partial charge in [-0.25, -0.2) is 0 Å². The summed E-state index contributed by atoms with van der Waals surface area (Å²) in [6, 6.07) is 20.0. The summed E-state index contributed by atoms with van der Waals surface area (Å²) in [7, 11) is 0. The van der Waals surface area contributed by atoms with Crippen molar-refractivity contribution in [2.24, 2.45) is 21.7 Å². The predicted octanol–water partition coefficient (Wildman–Crippen LogP) is 17.4. The molecule has 0 aliphatic heterocycles. The summed E-state index contributed by atoms with van der Waals surface area (Å²) in [5.74, 6) is 0.115. The molecule has 2 aromatic heterocycles. The molecule has 5 aromatic rings. The van der Waals surface area contributed by atoms with Crippen LogP contribution in [0.25, 0.3) is 31.3 Å². The zero-order chi connectivity index (χ0) is 44.0. The second kappa shape index (κ2) is 15.7. The fraction of sp³-hybridized carbons (Fsp3) is 0.308. The highest BCUT2D eigenvalue weighted by atomic mass is 35.5. The first kappa shape index (κ1) is 44.6. The third kappa shape index (κ3) is 8.38. The van der Waals surface area contributed by atoms with Crippen molar-refractivity contribution in [3.05, 3.63) is 159 Å². The lowest BCUT2D eigenvalue weighted by molar-refractivity contribution is -0.114. The van der Waals surface area contributed by atoms with Crippen LogP contribution in [0.5, 0.6) is 0 Å². The number of Topliss-reactive ketones (excluding diaryl/α,β-unsaturated/α-hetero) is 2. The Morgan fingerprint density at radius 1 is 0.450 bits per heavy atom. The molecule has 0 fully saturated rings. The Bertz CT molecular complexity index is 2590. The standard InChI is InChI=1S/C52H50Cl4O2S2/c1-49(2,3)35-21-29(22-36(45(35)57)50(4,5)6)41(47-43(55)33-18-16-31(53)25-39(33)59-47)27-14-13-15-28(20-27)42(48-44(56)34-19-17-32(54)26-40(34)60-48)30-23-37(51(7,8)9)46(58)38(24-30)52(10,11)12/h13-26H,1-12H3. The second-order valence-corrected chi connectivity index (χ2v) is 23.6. The lowest BCUT2D eigenvalue weighted by Crippen LogP contribution is -2.28. The van der Waals surface area contributed by atoms with Crippen LogP contribution in [0.4, 0.5) is 0 Å². The van der Waals surface area contributed by atoms with Gasteiger partial charge in [-0.2, -0.15) is 0 Å². The summed E-state index contributed by atoms with van der Waals surface area (Å²) in [6.07, 6.45) is 8.23. The van der Waals surface area contributed by atoms with Crippen molar-refractivity contribution in [2.45, 2.75) is 83.1 Å². The van der Waals surface area contributed by atoms with Gasteiger partial charge in [0.15, 0.2) is 11.6 Å². The molecule has 0 saturated carbocycles. The molecule has 2 aliphatic rings. The molecule has 60 heavy (non-hydrogen) atoms. The lowest BCUT2D eigenvalue weighted by Gasteiger charge is -2.32. The Balaban J connectivity index is 1.63. The lowest BCUT2D eigenvalue weighted by atomic mass is 9.71. The van der Waals surface area contributed by atoms with Gasteiger partial charge in [-0.15, -0.1) is 22.7 Å². The van der Waals surface area contributed by atoms with Crippen LogP contribution in [0.3, 0.4) is 0 Å². The third-order valence-electron chi connectivity index (χ3n) is 11.1. The maximum absolute atomic E-state index is 14.3. The highest BCUT2D eigenvalue weighted by Gasteiger charge is 2.37. The fourth-order valence-corrected chi connectivity index (χ4v) is 11.6. The summed E-state index contributed by atoms with van der Waals surface area (Å²) in [6.45, 7) is 25.0. The number of thiophene rings is 2. The van der Waals surface area contributed by atoms with Crippen LogP contribution >= 0.6 is 69.1 Å². The molecule has 0 atom stereocenters. The number of rotatable bonds is 4. The first-order chi connectivity index (χ1) is 27.8. The molecular formula is C52H50Cl4O2S2. The van der Waals surface area contributed by atoms with E-state index >= 15 is 0 Å². The topological polar surface area (TPSA) is 34.1 Å². The Labute approximate surface area is 383 Å². The monoisotopic (exact) mass is 910 g/mol. The number of carbonyl (C=O) groups excluding carboxylic acids is 2. The van der Waals surface area contributed by atoms with Gasteiger partial charge in [0.1, 0.15) is 0 Å². The van der Waals surface area contributed by atoms with Crippen molar-refractivity contribution in [3.63, 3.8) is 0 Å². The molecule has 0 unspecified atom stereocenters. The van der Waals surface area contributed by atoms with Gasteiger partial charge in [-0.3, -0.25) is 9.59 Å². The largest absolute Gasteiger partial charge is 0.289 e. The minimum absolute atomic E-state index is 0.0577. The number of carbonyl (C=O) groups is 2. The van der Waals surface area contributed by atoms with Crippen LogP contribution in [-0.2, 0) is 9.59 Å². The Morgan fingerprint density at radius 3 is 1.07 bits per heavy atom. The normalized spacial score (nSPS) is 15.7. The number of halogens is 4. The summed E-state index contributed by atoms with van der Waals surface area (Å²) in [5.41, 5.74) is 6.69. The van der Waals surface area contributed by atoms with E-state index in [-0.39, 0.29) is 11.6 Å². The number of fused-ring (bicyclic) bond motifs is 2. The molecule has 2 aliphatic carbocycles. The van der Waals surface area contributed by atoms with Gasteiger partial charge in [0.25, 0.3) is 0 Å². The van der Waals surface area contributed by atoms with Gasteiger partial charge in [0.2, 0.25) is 0 Å². The number of hydrogen-bond acceptors (Lipinski definition) is 4. The summed E-state index contributed by atoms with van der Waals surface area (Å²) in [4.78, 5) is 30.3. The Kier molecular flexibility index (Phi) is 11.7. The smallest absolute Gasteiger partial charge is 0.186 e. The average molecular weight is 913 g/mol. The fourth-order valence-electron chi connectivity index (χ4n) is 7.86. The molecule has 310 valence electrons. The van der Waals surface area contributed by atoms with E-state index in [1.807, 2.05) is 36.4 Å². The maximum Gasteiger partial charge on any atom is 0.186 e. The molecule has 0 N–H and O–H groups in total. The van der Waals surface area contributed by atoms with E-state index in [0.29, 0.717) is 20.1 Å². The van der Waals surface area contributed by atoms with E-state index in [1.54, 1.807) is 22.7 Å². The zero-order valence-electron chi connectivity index (χ0n) is 36.2. The van der Waals surface area contributed by atoms with E-state index in [1.165, 1.54) is 0 Å².